The molecule has 0 N–H and O–H groups in total. The van der Waals surface area contributed by atoms with Gasteiger partial charge in [0.05, 0.1) is 18.8 Å². The summed E-state index contributed by atoms with van der Waals surface area (Å²) in [6.07, 6.45) is 6.40. The minimum Gasteiger partial charge on any atom is -0.492 e. The van der Waals surface area contributed by atoms with Crippen LogP contribution < -0.4 is 4.74 Å². The predicted molar refractivity (Wildman–Crippen MR) is 99.7 cm³/mol. The second-order valence-electron chi connectivity index (χ2n) is 7.08. The number of hydrogen-bond acceptors (Lipinski definition) is 4. The molecular formula is C21H25N3O2. The maximum atomic E-state index is 12.9. The second kappa shape index (κ2) is 7.87. The molecule has 2 saturated heterocycles. The van der Waals surface area contributed by atoms with E-state index in [0.717, 1.165) is 44.6 Å². The molecule has 5 nitrogen and oxygen atoms in total. The van der Waals surface area contributed by atoms with Gasteiger partial charge in [-0.1, -0.05) is 30.3 Å². The Labute approximate surface area is 154 Å². The second-order valence-corrected chi connectivity index (χ2v) is 7.08. The monoisotopic (exact) mass is 351 g/mol. The van der Waals surface area contributed by atoms with Crippen molar-refractivity contribution in [3.63, 3.8) is 0 Å². The SMILES string of the molecule is O=C1[C@@H]2CC[C@H](CN1CCCOc1cccnc1)N2Cc1ccccc1. The van der Waals surface area contributed by atoms with Crippen molar-refractivity contribution in [3.8, 4) is 5.75 Å². The van der Waals surface area contributed by atoms with Crippen LogP contribution in [0.3, 0.4) is 0 Å². The molecule has 0 unspecified atom stereocenters. The Bertz CT molecular complexity index is 723. The maximum absolute atomic E-state index is 12.9. The summed E-state index contributed by atoms with van der Waals surface area (Å²) in [5, 5.41) is 0. The first-order chi connectivity index (χ1) is 12.8. The maximum Gasteiger partial charge on any atom is 0.240 e. The van der Waals surface area contributed by atoms with E-state index in [4.69, 9.17) is 4.74 Å². The van der Waals surface area contributed by atoms with E-state index in [1.807, 2.05) is 23.1 Å². The zero-order valence-electron chi connectivity index (χ0n) is 15.0. The first-order valence-corrected chi connectivity index (χ1v) is 9.42. The lowest BCUT2D eigenvalue weighted by atomic mass is 10.1. The summed E-state index contributed by atoms with van der Waals surface area (Å²) in [6.45, 7) is 3.10. The molecule has 0 radical (unpaired) electrons. The van der Waals surface area contributed by atoms with Crippen LogP contribution in [0.4, 0.5) is 0 Å². The molecule has 4 rings (SSSR count). The van der Waals surface area contributed by atoms with Gasteiger partial charge in [-0.2, -0.15) is 0 Å². The Morgan fingerprint density at radius 1 is 1.12 bits per heavy atom. The summed E-state index contributed by atoms with van der Waals surface area (Å²) >= 11 is 0. The lowest BCUT2D eigenvalue weighted by Crippen LogP contribution is -2.56. The minimum atomic E-state index is 0.0493. The molecule has 0 aliphatic carbocycles. The van der Waals surface area contributed by atoms with Gasteiger partial charge in [-0.3, -0.25) is 14.7 Å². The van der Waals surface area contributed by atoms with Gasteiger partial charge in [-0.15, -0.1) is 0 Å². The Hall–Kier alpha value is -2.40. The summed E-state index contributed by atoms with van der Waals surface area (Å²) in [5.41, 5.74) is 1.29. The normalized spacial score (nSPS) is 22.6. The van der Waals surface area contributed by atoms with Gasteiger partial charge in [0.25, 0.3) is 0 Å². The third-order valence-corrected chi connectivity index (χ3v) is 5.35. The highest BCUT2D eigenvalue weighted by Crippen LogP contribution is 2.32. The van der Waals surface area contributed by atoms with Crippen LogP contribution in [-0.2, 0) is 11.3 Å². The first kappa shape index (κ1) is 17.0. The van der Waals surface area contributed by atoms with Crippen molar-refractivity contribution in [2.24, 2.45) is 0 Å². The Morgan fingerprint density at radius 3 is 2.81 bits per heavy atom. The highest BCUT2D eigenvalue weighted by molar-refractivity contribution is 5.83. The van der Waals surface area contributed by atoms with E-state index in [1.165, 1.54) is 5.56 Å². The van der Waals surface area contributed by atoms with E-state index in [2.05, 4.69) is 34.1 Å². The Balaban J connectivity index is 1.29. The summed E-state index contributed by atoms with van der Waals surface area (Å²) in [6, 6.07) is 14.8. The van der Waals surface area contributed by atoms with Gasteiger partial charge < -0.3 is 9.64 Å². The zero-order chi connectivity index (χ0) is 17.8. The van der Waals surface area contributed by atoms with Gasteiger partial charge in [-0.05, 0) is 37.0 Å². The van der Waals surface area contributed by atoms with Crippen LogP contribution in [0.25, 0.3) is 0 Å². The number of ether oxygens (including phenoxy) is 1. The topological polar surface area (TPSA) is 45.7 Å². The Kier molecular flexibility index (Phi) is 5.16. The third kappa shape index (κ3) is 3.73. The van der Waals surface area contributed by atoms with Crippen molar-refractivity contribution >= 4 is 5.91 Å². The minimum absolute atomic E-state index is 0.0493. The number of rotatable bonds is 7. The molecule has 3 heterocycles. The van der Waals surface area contributed by atoms with Crippen LogP contribution in [0, 0.1) is 0 Å². The fourth-order valence-corrected chi connectivity index (χ4v) is 4.07. The number of pyridine rings is 1. The lowest BCUT2D eigenvalue weighted by Gasteiger charge is -2.40. The van der Waals surface area contributed by atoms with Crippen LogP contribution >= 0.6 is 0 Å². The van der Waals surface area contributed by atoms with Crippen LogP contribution in [0.15, 0.2) is 54.9 Å². The van der Waals surface area contributed by atoms with E-state index in [9.17, 15) is 4.79 Å². The number of carbonyl (C=O) groups excluding carboxylic acids is 1. The third-order valence-electron chi connectivity index (χ3n) is 5.35. The summed E-state index contributed by atoms with van der Waals surface area (Å²) in [5.74, 6) is 1.07. The number of benzene rings is 1. The van der Waals surface area contributed by atoms with E-state index in [1.54, 1.807) is 12.4 Å². The molecule has 2 aromatic rings. The standard InChI is InChI=1S/C21H25N3O2/c25-21-20-10-9-18(24(20)15-17-6-2-1-3-7-17)16-23(21)12-5-13-26-19-8-4-11-22-14-19/h1-4,6-8,11,14,18,20H,5,9-10,12-13,15-16H2/t18-,20+/m1/s1. The fourth-order valence-electron chi connectivity index (χ4n) is 4.07. The summed E-state index contributed by atoms with van der Waals surface area (Å²) in [7, 11) is 0. The molecule has 1 aromatic carbocycles. The number of aromatic nitrogens is 1. The lowest BCUT2D eigenvalue weighted by molar-refractivity contribution is -0.142. The summed E-state index contributed by atoms with van der Waals surface area (Å²) in [4.78, 5) is 21.4. The van der Waals surface area contributed by atoms with Gasteiger partial charge in [0.15, 0.2) is 0 Å². The van der Waals surface area contributed by atoms with Crippen molar-refractivity contribution in [1.82, 2.24) is 14.8 Å². The molecule has 2 fully saturated rings. The van der Waals surface area contributed by atoms with E-state index in [0.29, 0.717) is 12.6 Å². The van der Waals surface area contributed by atoms with Crippen LogP contribution in [-0.4, -0.2) is 52.5 Å². The van der Waals surface area contributed by atoms with Gasteiger partial charge >= 0.3 is 0 Å². The van der Waals surface area contributed by atoms with E-state index in [-0.39, 0.29) is 11.9 Å². The molecule has 2 aliphatic rings. The number of carbonyl (C=O) groups is 1. The van der Waals surface area contributed by atoms with Crippen LogP contribution in [0.5, 0.6) is 5.75 Å². The van der Waals surface area contributed by atoms with E-state index < -0.39 is 0 Å². The highest BCUT2D eigenvalue weighted by Gasteiger charge is 2.44. The fraction of sp³-hybridized carbons (Fsp3) is 0.429. The average molecular weight is 351 g/mol. The zero-order valence-corrected chi connectivity index (χ0v) is 15.0. The van der Waals surface area contributed by atoms with Crippen molar-refractivity contribution in [3.05, 3.63) is 60.4 Å². The van der Waals surface area contributed by atoms with Crippen LogP contribution in [0.2, 0.25) is 0 Å². The number of piperazine rings is 1. The molecule has 1 amide bonds. The smallest absolute Gasteiger partial charge is 0.240 e. The highest BCUT2D eigenvalue weighted by atomic mass is 16.5. The van der Waals surface area contributed by atoms with Gasteiger partial charge in [0.2, 0.25) is 5.91 Å². The van der Waals surface area contributed by atoms with Crippen molar-refractivity contribution in [2.45, 2.75) is 37.9 Å². The molecular weight excluding hydrogens is 326 g/mol. The predicted octanol–water partition coefficient (Wildman–Crippen LogP) is 2.73. The molecule has 26 heavy (non-hydrogen) atoms. The first-order valence-electron chi connectivity index (χ1n) is 9.42. The number of nitrogens with zero attached hydrogens (tertiary/aromatic N) is 3. The van der Waals surface area contributed by atoms with Gasteiger partial charge in [0, 0.05) is 31.9 Å². The van der Waals surface area contributed by atoms with Crippen molar-refractivity contribution in [1.29, 1.82) is 0 Å². The van der Waals surface area contributed by atoms with Crippen molar-refractivity contribution in [2.75, 3.05) is 19.7 Å². The van der Waals surface area contributed by atoms with Gasteiger partial charge in [-0.25, -0.2) is 0 Å². The van der Waals surface area contributed by atoms with Crippen molar-refractivity contribution < 1.29 is 9.53 Å². The van der Waals surface area contributed by atoms with Gasteiger partial charge in [0.1, 0.15) is 5.75 Å². The number of likely N-dealkylation sites (tertiary alicyclic amines) is 1. The molecule has 0 saturated carbocycles. The molecule has 2 aliphatic heterocycles. The average Bonchev–Trinajstić information content (AvgIpc) is 2.99. The number of fused-ring (bicyclic) bond motifs is 2. The molecule has 2 bridgehead atoms. The van der Waals surface area contributed by atoms with E-state index >= 15 is 0 Å². The molecule has 2 atom stereocenters. The largest absolute Gasteiger partial charge is 0.492 e. The number of amides is 1. The molecule has 136 valence electrons. The van der Waals surface area contributed by atoms with Crippen LogP contribution in [0.1, 0.15) is 24.8 Å². The Morgan fingerprint density at radius 2 is 2.00 bits per heavy atom. The quantitative estimate of drug-likeness (QED) is 0.720. The summed E-state index contributed by atoms with van der Waals surface area (Å²) < 4.78 is 5.69. The number of hydrogen-bond donors (Lipinski definition) is 0. The molecule has 1 aromatic heterocycles. The molecule has 0 spiro atoms. The molecule has 5 heteroatoms.